The third-order valence-corrected chi connectivity index (χ3v) is 4.81. The molecule has 0 saturated carbocycles. The van der Waals surface area contributed by atoms with Crippen molar-refractivity contribution in [2.24, 2.45) is 0 Å². The summed E-state index contributed by atoms with van der Waals surface area (Å²) in [4.78, 5) is 20.1. The molecule has 3 aromatic heterocycles. The Morgan fingerprint density at radius 3 is 2.00 bits per heavy atom. The predicted octanol–water partition coefficient (Wildman–Crippen LogP) is 4.51. The first kappa shape index (κ1) is 18.3. The number of nitrogens with zero attached hydrogens (tertiary/aromatic N) is 3. The molecule has 0 aliphatic heterocycles. The molecule has 7 heteroatoms. The van der Waals surface area contributed by atoms with Gasteiger partial charge in [-0.15, -0.1) is 0 Å². The minimum Gasteiger partial charge on any atom is -0.508 e. The summed E-state index contributed by atoms with van der Waals surface area (Å²) in [5.41, 5.74) is 3.37. The van der Waals surface area contributed by atoms with Gasteiger partial charge in [0.1, 0.15) is 23.1 Å². The zero-order valence-electron chi connectivity index (χ0n) is 17.0. The molecule has 0 saturated heterocycles. The molecular formula is C21H25N5O2. The lowest BCUT2D eigenvalue weighted by atomic mass is 9.85. The van der Waals surface area contributed by atoms with Gasteiger partial charge in [-0.3, -0.25) is 0 Å². The van der Waals surface area contributed by atoms with E-state index in [9.17, 15) is 10.2 Å². The van der Waals surface area contributed by atoms with Crippen LogP contribution in [0.2, 0.25) is 0 Å². The molecule has 0 amide bonds. The van der Waals surface area contributed by atoms with Gasteiger partial charge in [0.15, 0.2) is 11.3 Å². The number of rotatable bonds is 1. The Morgan fingerprint density at radius 1 is 0.714 bits per heavy atom. The lowest BCUT2D eigenvalue weighted by Crippen LogP contribution is -2.12. The number of hydrogen-bond acceptors (Lipinski definition) is 5. The Bertz CT molecular complexity index is 1150. The molecule has 0 spiro atoms. The molecule has 0 unspecified atom stereocenters. The largest absolute Gasteiger partial charge is 0.508 e. The molecule has 146 valence electrons. The minimum atomic E-state index is -0.287. The number of imidazole rings is 2. The van der Waals surface area contributed by atoms with E-state index < -0.39 is 0 Å². The molecule has 0 fully saturated rings. The summed E-state index contributed by atoms with van der Waals surface area (Å²) < 4.78 is 0. The lowest BCUT2D eigenvalue weighted by Gasteiger charge is -2.21. The summed E-state index contributed by atoms with van der Waals surface area (Å²) in [6.07, 6.45) is 0. The van der Waals surface area contributed by atoms with E-state index in [4.69, 9.17) is 0 Å². The van der Waals surface area contributed by atoms with E-state index >= 15 is 0 Å². The van der Waals surface area contributed by atoms with Crippen molar-refractivity contribution in [3.8, 4) is 22.9 Å². The first-order chi connectivity index (χ1) is 12.9. The van der Waals surface area contributed by atoms with Crippen LogP contribution in [0.1, 0.15) is 52.9 Å². The topological polar surface area (TPSA) is 111 Å². The average molecular weight is 379 g/mol. The quantitative estimate of drug-likeness (QED) is 0.364. The van der Waals surface area contributed by atoms with Crippen LogP contribution in [0.25, 0.3) is 33.7 Å². The molecule has 0 radical (unpaired) electrons. The zero-order chi connectivity index (χ0) is 20.4. The first-order valence-electron chi connectivity index (χ1n) is 9.27. The minimum absolute atomic E-state index is 0.0560. The van der Waals surface area contributed by atoms with Crippen molar-refractivity contribution in [2.75, 3.05) is 0 Å². The molecule has 7 nitrogen and oxygen atoms in total. The van der Waals surface area contributed by atoms with Crippen LogP contribution >= 0.6 is 0 Å². The highest BCUT2D eigenvalue weighted by molar-refractivity contribution is 5.87. The molecule has 28 heavy (non-hydrogen) atoms. The highest BCUT2D eigenvalue weighted by atomic mass is 16.3. The summed E-state index contributed by atoms with van der Waals surface area (Å²) in [6.45, 7) is 12.2. The number of phenolic OH excluding ortho intramolecular Hbond substituents is 2. The van der Waals surface area contributed by atoms with E-state index in [1.54, 1.807) is 6.07 Å². The van der Waals surface area contributed by atoms with E-state index in [0.717, 1.165) is 16.9 Å². The van der Waals surface area contributed by atoms with Crippen molar-refractivity contribution in [2.45, 2.75) is 52.4 Å². The zero-order valence-corrected chi connectivity index (χ0v) is 17.0. The standard InChI is InChI=1S/C21H25N5O2/c1-20(2,3)11-8-14(27)10(7-15(11)28)16-22-12-9-13-18(25-17(12)24-16)26-19(23-13)21(4,5)6/h7-9,27-28H,1-6H3,(H2,22,23,24,25,26). The number of aromatic amines is 2. The van der Waals surface area contributed by atoms with Crippen LogP contribution in [0.4, 0.5) is 0 Å². The number of benzene rings is 1. The van der Waals surface area contributed by atoms with Crippen molar-refractivity contribution in [1.29, 1.82) is 0 Å². The molecule has 4 aromatic rings. The molecule has 0 atom stereocenters. The van der Waals surface area contributed by atoms with Gasteiger partial charge in [-0.25, -0.2) is 15.0 Å². The van der Waals surface area contributed by atoms with Gasteiger partial charge in [-0.05, 0) is 23.6 Å². The molecule has 1 aromatic carbocycles. The monoisotopic (exact) mass is 379 g/mol. The highest BCUT2D eigenvalue weighted by Crippen LogP contribution is 2.39. The molecular weight excluding hydrogens is 354 g/mol. The van der Waals surface area contributed by atoms with Crippen LogP contribution in [0.5, 0.6) is 11.5 Å². The van der Waals surface area contributed by atoms with Crippen LogP contribution in [0, 0.1) is 0 Å². The van der Waals surface area contributed by atoms with Crippen LogP contribution in [-0.4, -0.2) is 35.1 Å². The average Bonchev–Trinajstić information content (AvgIpc) is 3.15. The van der Waals surface area contributed by atoms with Crippen LogP contribution in [0.3, 0.4) is 0 Å². The number of aromatic nitrogens is 5. The number of pyridine rings is 1. The second-order valence-electron chi connectivity index (χ2n) is 9.29. The highest BCUT2D eigenvalue weighted by Gasteiger charge is 2.23. The number of nitrogens with one attached hydrogen (secondary N) is 2. The molecule has 0 aliphatic carbocycles. The van der Waals surface area contributed by atoms with Crippen molar-refractivity contribution in [3.63, 3.8) is 0 Å². The fourth-order valence-corrected chi connectivity index (χ4v) is 3.22. The third kappa shape index (κ3) is 2.96. The van der Waals surface area contributed by atoms with Crippen molar-refractivity contribution in [3.05, 3.63) is 29.6 Å². The van der Waals surface area contributed by atoms with Crippen molar-refractivity contribution < 1.29 is 10.2 Å². The van der Waals surface area contributed by atoms with E-state index in [2.05, 4.69) is 45.7 Å². The SMILES string of the molecule is CC(C)(C)c1nc2nc3nc(-c4cc(O)c(C(C)(C)C)cc4O)[nH]c3cc2[nH]1. The predicted molar refractivity (Wildman–Crippen MR) is 110 cm³/mol. The summed E-state index contributed by atoms with van der Waals surface area (Å²) >= 11 is 0. The maximum Gasteiger partial charge on any atom is 0.180 e. The summed E-state index contributed by atoms with van der Waals surface area (Å²) in [6, 6.07) is 5.04. The lowest BCUT2D eigenvalue weighted by molar-refractivity contribution is 0.436. The van der Waals surface area contributed by atoms with Gasteiger partial charge in [0, 0.05) is 11.0 Å². The van der Waals surface area contributed by atoms with Gasteiger partial charge in [-0.1, -0.05) is 41.5 Å². The Labute approximate surface area is 162 Å². The van der Waals surface area contributed by atoms with Gasteiger partial charge in [0.25, 0.3) is 0 Å². The fraction of sp³-hybridized carbons (Fsp3) is 0.381. The van der Waals surface area contributed by atoms with Gasteiger partial charge in [0.05, 0.1) is 16.6 Å². The van der Waals surface area contributed by atoms with E-state index in [1.807, 2.05) is 26.8 Å². The Balaban J connectivity index is 1.83. The third-order valence-electron chi connectivity index (χ3n) is 4.81. The summed E-state index contributed by atoms with van der Waals surface area (Å²) in [5.74, 6) is 1.49. The number of phenols is 2. The number of H-pyrrole nitrogens is 2. The van der Waals surface area contributed by atoms with Crippen molar-refractivity contribution in [1.82, 2.24) is 24.9 Å². The maximum absolute atomic E-state index is 10.5. The Hall–Kier alpha value is -3.09. The van der Waals surface area contributed by atoms with Crippen LogP contribution in [-0.2, 0) is 10.8 Å². The maximum atomic E-state index is 10.5. The van der Waals surface area contributed by atoms with E-state index in [0.29, 0.717) is 28.2 Å². The van der Waals surface area contributed by atoms with Gasteiger partial charge >= 0.3 is 0 Å². The summed E-state index contributed by atoms with van der Waals surface area (Å²) in [7, 11) is 0. The van der Waals surface area contributed by atoms with Crippen LogP contribution in [0.15, 0.2) is 18.2 Å². The molecule has 0 bridgehead atoms. The second kappa shape index (κ2) is 5.70. The van der Waals surface area contributed by atoms with Crippen molar-refractivity contribution >= 4 is 22.3 Å². The Kier molecular flexibility index (Phi) is 3.72. The molecule has 0 aliphatic rings. The van der Waals surface area contributed by atoms with Gasteiger partial charge < -0.3 is 20.2 Å². The number of hydrogen-bond donors (Lipinski definition) is 4. The van der Waals surface area contributed by atoms with Crippen LogP contribution < -0.4 is 0 Å². The fourth-order valence-electron chi connectivity index (χ4n) is 3.22. The van der Waals surface area contributed by atoms with Gasteiger partial charge in [0.2, 0.25) is 0 Å². The summed E-state index contributed by atoms with van der Waals surface area (Å²) in [5, 5.41) is 21.0. The Morgan fingerprint density at radius 2 is 1.36 bits per heavy atom. The number of fused-ring (bicyclic) bond motifs is 2. The molecule has 4 N–H and O–H groups in total. The first-order valence-corrected chi connectivity index (χ1v) is 9.27. The smallest absolute Gasteiger partial charge is 0.180 e. The number of aromatic hydroxyl groups is 2. The van der Waals surface area contributed by atoms with E-state index in [1.165, 1.54) is 6.07 Å². The van der Waals surface area contributed by atoms with Gasteiger partial charge in [-0.2, -0.15) is 0 Å². The second-order valence-corrected chi connectivity index (χ2v) is 9.29. The molecule has 3 heterocycles. The normalized spacial score (nSPS) is 12.9. The van der Waals surface area contributed by atoms with E-state index in [-0.39, 0.29) is 22.3 Å². The molecule has 4 rings (SSSR count).